The van der Waals surface area contributed by atoms with Gasteiger partial charge in [0.25, 0.3) is 0 Å². The summed E-state index contributed by atoms with van der Waals surface area (Å²) in [5, 5.41) is 8.35. The fraction of sp³-hybridized carbons (Fsp3) is 0.286. The Hall–Kier alpha value is -3.20. The number of hydrogen-bond acceptors (Lipinski definition) is 6. The maximum absolute atomic E-state index is 13.1. The number of halogens is 1. The van der Waals surface area contributed by atoms with Crippen LogP contribution in [0.1, 0.15) is 33.0 Å². The lowest BCUT2D eigenvalue weighted by Crippen LogP contribution is -2.31. The zero-order valence-electron chi connectivity index (χ0n) is 16.4. The van der Waals surface area contributed by atoms with E-state index in [-0.39, 0.29) is 17.6 Å². The van der Waals surface area contributed by atoms with Crippen LogP contribution in [0.25, 0.3) is 0 Å². The van der Waals surface area contributed by atoms with E-state index >= 15 is 0 Å². The number of thiazole rings is 1. The van der Waals surface area contributed by atoms with Crippen LogP contribution in [0.5, 0.6) is 0 Å². The monoisotopic (exact) mass is 425 g/mol. The predicted molar refractivity (Wildman–Crippen MR) is 111 cm³/mol. The smallest absolute Gasteiger partial charge is 0.318 e. The predicted octanol–water partition coefficient (Wildman–Crippen LogP) is 3.64. The summed E-state index contributed by atoms with van der Waals surface area (Å²) in [5.74, 6) is -0.320. The molecule has 0 unspecified atom stereocenters. The summed E-state index contributed by atoms with van der Waals surface area (Å²) in [5.41, 5.74) is 2.25. The number of carbonyl (C=O) groups excluding carboxylic acids is 2. The van der Waals surface area contributed by atoms with Crippen molar-refractivity contribution in [3.63, 3.8) is 0 Å². The number of aryl methyl sites for hydroxylation is 2. The molecule has 9 heteroatoms. The van der Waals surface area contributed by atoms with Crippen molar-refractivity contribution in [2.75, 3.05) is 18.0 Å². The van der Waals surface area contributed by atoms with Gasteiger partial charge >= 0.3 is 6.03 Å². The number of rotatable bonds is 7. The second kappa shape index (κ2) is 8.66. The average molecular weight is 425 g/mol. The summed E-state index contributed by atoms with van der Waals surface area (Å²) < 4.78 is 13.1. The minimum atomic E-state index is -0.303. The lowest BCUT2D eigenvalue weighted by Gasteiger charge is -2.16. The number of urea groups is 1. The van der Waals surface area contributed by atoms with Gasteiger partial charge in [-0.1, -0.05) is 23.5 Å². The molecule has 2 aromatic heterocycles. The zero-order chi connectivity index (χ0) is 21.1. The molecule has 1 aliphatic rings. The summed E-state index contributed by atoms with van der Waals surface area (Å²) in [7, 11) is 0. The van der Waals surface area contributed by atoms with Gasteiger partial charge in [-0.2, -0.15) is 10.2 Å². The summed E-state index contributed by atoms with van der Waals surface area (Å²) in [6, 6.07) is 9.59. The summed E-state index contributed by atoms with van der Waals surface area (Å²) in [6.07, 6.45) is 2.41. The lowest BCUT2D eigenvalue weighted by molar-refractivity contribution is 0.0985. The molecule has 1 aliphatic heterocycles. The van der Waals surface area contributed by atoms with Crippen LogP contribution in [0.2, 0.25) is 0 Å². The Morgan fingerprint density at radius 2 is 2.00 bits per heavy atom. The lowest BCUT2D eigenvalue weighted by atomic mass is 10.1. The van der Waals surface area contributed by atoms with E-state index in [2.05, 4.69) is 15.2 Å². The molecular weight excluding hydrogens is 405 g/mol. The molecule has 4 rings (SSSR count). The van der Waals surface area contributed by atoms with Gasteiger partial charge in [-0.25, -0.2) is 14.2 Å². The molecule has 1 saturated heterocycles. The first-order chi connectivity index (χ1) is 14.5. The van der Waals surface area contributed by atoms with Crippen LogP contribution in [0.4, 0.5) is 14.3 Å². The Balaban J connectivity index is 1.41. The van der Waals surface area contributed by atoms with Crippen LogP contribution in [0.15, 0.2) is 42.6 Å². The average Bonchev–Trinajstić information content (AvgIpc) is 3.31. The number of aromatic nitrogens is 3. The van der Waals surface area contributed by atoms with Gasteiger partial charge in [0.2, 0.25) is 0 Å². The van der Waals surface area contributed by atoms with Crippen molar-refractivity contribution >= 4 is 28.3 Å². The first-order valence-corrected chi connectivity index (χ1v) is 10.4. The number of benzene rings is 1. The number of amides is 2. The highest BCUT2D eigenvalue weighted by atomic mass is 32.1. The van der Waals surface area contributed by atoms with E-state index in [1.807, 2.05) is 6.07 Å². The van der Waals surface area contributed by atoms with Crippen molar-refractivity contribution in [1.82, 2.24) is 20.1 Å². The van der Waals surface area contributed by atoms with Crippen molar-refractivity contribution in [3.8, 4) is 0 Å². The summed E-state index contributed by atoms with van der Waals surface area (Å²) in [6.45, 7) is 3.24. The van der Waals surface area contributed by atoms with Gasteiger partial charge in [-0.05, 0) is 43.2 Å². The quantitative estimate of drug-likeness (QED) is 0.540. The Morgan fingerprint density at radius 1 is 1.20 bits per heavy atom. The van der Waals surface area contributed by atoms with Gasteiger partial charge < -0.3 is 4.90 Å². The zero-order valence-corrected chi connectivity index (χ0v) is 17.2. The number of Topliss-reactive ketones (excluding diaryl/α,β-unsaturated/α-hetero) is 1. The second-order valence-electron chi connectivity index (χ2n) is 7.03. The topological polar surface area (TPSA) is 79.3 Å². The third-order valence-electron chi connectivity index (χ3n) is 4.89. The van der Waals surface area contributed by atoms with Crippen molar-refractivity contribution in [2.24, 2.45) is 0 Å². The number of nitrogens with zero attached hydrogens (tertiary/aromatic N) is 5. The van der Waals surface area contributed by atoms with Crippen LogP contribution in [-0.4, -0.2) is 45.0 Å². The minimum Gasteiger partial charge on any atom is -0.318 e. The number of carbonyl (C=O) groups is 2. The molecule has 1 fully saturated rings. The minimum absolute atomic E-state index is 0.0169. The molecule has 0 spiro atoms. The number of anilines is 1. The van der Waals surface area contributed by atoms with Gasteiger partial charge in [0.1, 0.15) is 5.82 Å². The van der Waals surface area contributed by atoms with E-state index in [1.54, 1.807) is 41.1 Å². The highest BCUT2D eigenvalue weighted by Gasteiger charge is 2.32. The normalized spacial score (nSPS) is 13.9. The number of hydrogen-bond donors (Lipinski definition) is 0. The molecule has 1 aromatic carbocycles. The molecule has 0 bridgehead atoms. The summed E-state index contributed by atoms with van der Waals surface area (Å²) in [4.78, 5) is 33.8. The van der Waals surface area contributed by atoms with E-state index in [1.165, 1.54) is 23.5 Å². The molecule has 0 atom stereocenters. The van der Waals surface area contributed by atoms with E-state index in [0.29, 0.717) is 48.2 Å². The van der Waals surface area contributed by atoms with Crippen molar-refractivity contribution in [3.05, 3.63) is 70.2 Å². The third-order valence-corrected chi connectivity index (χ3v) is 6.11. The van der Waals surface area contributed by atoms with Gasteiger partial charge in [-0.15, -0.1) is 0 Å². The Kier molecular flexibility index (Phi) is 5.80. The molecule has 0 N–H and O–H groups in total. The molecule has 154 valence electrons. The van der Waals surface area contributed by atoms with Gasteiger partial charge in [0.05, 0.1) is 16.3 Å². The first kappa shape index (κ1) is 20.1. The molecule has 3 heterocycles. The molecular formula is C21H20FN5O2S. The van der Waals surface area contributed by atoms with E-state index in [9.17, 15) is 14.0 Å². The van der Waals surface area contributed by atoms with Gasteiger partial charge in [0, 0.05) is 32.3 Å². The van der Waals surface area contributed by atoms with Crippen LogP contribution >= 0.6 is 11.3 Å². The Morgan fingerprint density at radius 3 is 2.73 bits per heavy atom. The molecule has 0 saturated carbocycles. The Labute approximate surface area is 177 Å². The maximum atomic E-state index is 13.1. The first-order valence-electron chi connectivity index (χ1n) is 9.59. The van der Waals surface area contributed by atoms with Crippen molar-refractivity contribution in [1.29, 1.82) is 0 Å². The maximum Gasteiger partial charge on any atom is 0.326 e. The largest absolute Gasteiger partial charge is 0.326 e. The molecule has 0 radical (unpaired) electrons. The molecule has 0 aliphatic carbocycles. The third kappa shape index (κ3) is 4.35. The summed E-state index contributed by atoms with van der Waals surface area (Å²) >= 11 is 1.25. The van der Waals surface area contributed by atoms with Crippen LogP contribution in [0, 0.1) is 12.7 Å². The SMILES string of the molecule is Cc1nc(N2CCN(Cc3ccc(F)cc3)C2=O)sc1C(=O)CCc1cccnn1. The highest BCUT2D eigenvalue weighted by molar-refractivity contribution is 7.17. The van der Waals surface area contributed by atoms with E-state index in [4.69, 9.17) is 0 Å². The standard InChI is InChI=1S/C21H20FN5O2S/c1-14-19(18(28)9-8-17-3-2-10-23-25-17)30-20(24-14)27-12-11-26(21(27)29)13-15-4-6-16(22)7-5-15/h2-7,10H,8-9,11-13H2,1H3. The molecule has 30 heavy (non-hydrogen) atoms. The fourth-order valence-electron chi connectivity index (χ4n) is 3.30. The Bertz CT molecular complexity index is 1060. The van der Waals surface area contributed by atoms with Crippen molar-refractivity contribution in [2.45, 2.75) is 26.3 Å². The van der Waals surface area contributed by atoms with Gasteiger partial charge in [-0.3, -0.25) is 9.69 Å². The van der Waals surface area contributed by atoms with E-state index in [0.717, 1.165) is 11.3 Å². The molecule has 7 nitrogen and oxygen atoms in total. The second-order valence-corrected chi connectivity index (χ2v) is 8.01. The van der Waals surface area contributed by atoms with Gasteiger partial charge in [0.15, 0.2) is 10.9 Å². The van der Waals surface area contributed by atoms with Crippen LogP contribution in [0.3, 0.4) is 0 Å². The molecule has 2 amide bonds. The fourth-order valence-corrected chi connectivity index (χ4v) is 4.35. The van der Waals surface area contributed by atoms with Crippen LogP contribution in [-0.2, 0) is 13.0 Å². The molecule has 3 aromatic rings. The van der Waals surface area contributed by atoms with E-state index < -0.39 is 0 Å². The van der Waals surface area contributed by atoms with Crippen molar-refractivity contribution < 1.29 is 14.0 Å². The van der Waals surface area contributed by atoms with Crippen LogP contribution < -0.4 is 4.90 Å². The highest BCUT2D eigenvalue weighted by Crippen LogP contribution is 2.30. The number of ketones is 1.